The average Bonchev–Trinajstić information content (AvgIpc) is 2.93. The summed E-state index contributed by atoms with van der Waals surface area (Å²) in [5.41, 5.74) is -0.00375. The number of anilines is 2. The molecule has 3 aromatic rings. The maximum absolute atomic E-state index is 16.8. The highest BCUT2D eigenvalue weighted by Gasteiger charge is 2.37. The Balaban J connectivity index is 1.74. The molecule has 2 aromatic heterocycles. The first-order chi connectivity index (χ1) is 20.6. The molecule has 0 bridgehead atoms. The van der Waals surface area contributed by atoms with Gasteiger partial charge in [-0.3, -0.25) is 14.2 Å². The molecule has 236 valence electrons. The van der Waals surface area contributed by atoms with Crippen LogP contribution < -0.4 is 21.1 Å². The third-order valence-electron chi connectivity index (χ3n) is 7.94. The summed E-state index contributed by atoms with van der Waals surface area (Å²) < 4.78 is 80.2. The lowest BCUT2D eigenvalue weighted by atomic mass is 10.0. The minimum Gasteiger partial charge on any atom is -0.372 e. The minimum absolute atomic E-state index is 0.0596. The lowest BCUT2D eigenvalue weighted by Crippen LogP contribution is -2.50. The van der Waals surface area contributed by atoms with E-state index in [2.05, 4.69) is 9.97 Å². The van der Waals surface area contributed by atoms with Crippen LogP contribution in [0.5, 0.6) is 0 Å². The number of morpholine rings is 1. The fourth-order valence-corrected chi connectivity index (χ4v) is 5.69. The zero-order chi connectivity index (χ0) is 32.1. The number of hydrogen-bond acceptors (Lipinski definition) is 8. The molecule has 2 fully saturated rings. The lowest BCUT2D eigenvalue weighted by Gasteiger charge is -2.40. The quantitative estimate of drug-likeness (QED) is 0.432. The van der Waals surface area contributed by atoms with Crippen molar-refractivity contribution in [3.05, 3.63) is 63.7 Å². The fourth-order valence-electron chi connectivity index (χ4n) is 5.69. The van der Waals surface area contributed by atoms with Crippen molar-refractivity contribution in [2.24, 2.45) is 5.73 Å². The van der Waals surface area contributed by atoms with Crippen LogP contribution in [0.25, 0.3) is 16.9 Å². The molecule has 10 nitrogen and oxygen atoms in total. The number of rotatable bonds is 5. The molecule has 44 heavy (non-hydrogen) atoms. The van der Waals surface area contributed by atoms with Crippen LogP contribution in [0.15, 0.2) is 35.4 Å². The van der Waals surface area contributed by atoms with Gasteiger partial charge in [0.2, 0.25) is 5.95 Å². The first-order valence-electron chi connectivity index (χ1n) is 14.0. The van der Waals surface area contributed by atoms with E-state index < -0.39 is 51.7 Å². The van der Waals surface area contributed by atoms with Gasteiger partial charge in [-0.2, -0.15) is 13.2 Å². The number of aromatic nitrogens is 3. The second kappa shape index (κ2) is 11.8. The van der Waals surface area contributed by atoms with E-state index in [9.17, 15) is 22.8 Å². The van der Waals surface area contributed by atoms with Crippen LogP contribution in [0.1, 0.15) is 36.7 Å². The first-order valence-corrected chi connectivity index (χ1v) is 14.0. The highest BCUT2D eigenvalue weighted by atomic mass is 19.4. The number of pyridine rings is 1. The summed E-state index contributed by atoms with van der Waals surface area (Å²) in [5, 5.41) is 0. The third kappa shape index (κ3) is 5.98. The number of hydrogen-bond donors (Lipinski definition) is 1. The monoisotopic (exact) mass is 621 g/mol. The van der Waals surface area contributed by atoms with Gasteiger partial charge in [-0.05, 0) is 33.9 Å². The fraction of sp³-hybridized carbons (Fsp3) is 0.448. The van der Waals surface area contributed by atoms with Gasteiger partial charge in [0, 0.05) is 63.3 Å². The second-order valence-corrected chi connectivity index (χ2v) is 11.3. The predicted molar refractivity (Wildman–Crippen MR) is 153 cm³/mol. The number of piperazine rings is 1. The highest BCUT2D eigenvalue weighted by Crippen LogP contribution is 2.38. The van der Waals surface area contributed by atoms with Gasteiger partial charge in [-0.1, -0.05) is 0 Å². The number of halogens is 5. The molecular weight excluding hydrogens is 589 g/mol. The van der Waals surface area contributed by atoms with E-state index in [0.717, 1.165) is 6.07 Å². The summed E-state index contributed by atoms with van der Waals surface area (Å²) in [6, 6.07) is 2.45. The number of nitrogens with two attached hydrogens (primary N) is 1. The summed E-state index contributed by atoms with van der Waals surface area (Å²) in [6.07, 6.45) is -3.49. The standard InChI is InChI=1S/C29H32F5N7O3/c1-15-11-39(8-7-38(15)4)22-10-20(30)24(21-5-6-36-28(37-21)40-12-16(2)44-17(3)13-40)25(31)26(22)41-14-18(27(35)43)19(9-23(41)42)29(32,33)34/h5-6,9-10,14-17H,7-8,11-13H2,1-4H3,(H2,35,43)/t15-,16-,17+/m0/s1. The number of ether oxygens (including phenoxy) is 1. The second-order valence-electron chi connectivity index (χ2n) is 11.3. The molecule has 2 N–H and O–H groups in total. The van der Waals surface area contributed by atoms with Gasteiger partial charge in [0.25, 0.3) is 11.5 Å². The van der Waals surface area contributed by atoms with E-state index >= 15 is 8.78 Å². The Morgan fingerprint density at radius 2 is 1.73 bits per heavy atom. The van der Waals surface area contributed by atoms with Gasteiger partial charge in [0.05, 0.1) is 40.3 Å². The molecular formula is C29H32F5N7O3. The molecule has 0 aliphatic carbocycles. The van der Waals surface area contributed by atoms with E-state index in [1.807, 2.05) is 37.6 Å². The third-order valence-corrected chi connectivity index (χ3v) is 7.94. The smallest absolute Gasteiger partial charge is 0.372 e. The van der Waals surface area contributed by atoms with Crippen LogP contribution >= 0.6 is 0 Å². The molecule has 1 amide bonds. The van der Waals surface area contributed by atoms with Gasteiger partial charge in [-0.25, -0.2) is 18.7 Å². The molecule has 0 unspecified atom stereocenters. The van der Waals surface area contributed by atoms with Crippen LogP contribution in [0.2, 0.25) is 0 Å². The molecule has 3 atom stereocenters. The number of benzene rings is 1. The van der Waals surface area contributed by atoms with Crippen molar-refractivity contribution in [3.63, 3.8) is 0 Å². The van der Waals surface area contributed by atoms with Crippen molar-refractivity contribution in [3.8, 4) is 16.9 Å². The van der Waals surface area contributed by atoms with Crippen molar-refractivity contribution < 1.29 is 31.5 Å². The molecule has 0 radical (unpaired) electrons. The van der Waals surface area contributed by atoms with E-state index in [1.54, 1.807) is 4.90 Å². The number of alkyl halides is 3. The summed E-state index contributed by atoms with van der Waals surface area (Å²) >= 11 is 0. The number of nitrogens with zero attached hydrogens (tertiary/aromatic N) is 6. The molecule has 2 aliphatic rings. The molecule has 0 saturated carbocycles. The van der Waals surface area contributed by atoms with Crippen LogP contribution in [0.3, 0.4) is 0 Å². The van der Waals surface area contributed by atoms with Gasteiger partial charge in [-0.15, -0.1) is 0 Å². The maximum Gasteiger partial charge on any atom is 0.417 e. The molecule has 15 heteroatoms. The Morgan fingerprint density at radius 1 is 1.05 bits per heavy atom. The number of carbonyl (C=O) groups is 1. The molecule has 1 aromatic carbocycles. The van der Waals surface area contributed by atoms with Crippen molar-refractivity contribution in [1.82, 2.24) is 19.4 Å². The Hall–Kier alpha value is -4.11. The Bertz CT molecular complexity index is 1640. The summed E-state index contributed by atoms with van der Waals surface area (Å²) in [7, 11) is 1.88. The Labute approximate surface area is 249 Å². The Kier molecular flexibility index (Phi) is 8.37. The van der Waals surface area contributed by atoms with Gasteiger partial charge in [0.15, 0.2) is 5.82 Å². The summed E-state index contributed by atoms with van der Waals surface area (Å²) in [4.78, 5) is 39.5. The van der Waals surface area contributed by atoms with Crippen molar-refractivity contribution in [2.75, 3.05) is 49.6 Å². The SMILES string of the molecule is C[C@@H]1CN(c2nccc(-c3c(F)cc(N4CCN(C)[C@@H](C)C4)c(-n4cc(C(N)=O)c(C(F)(F)F)cc4=O)c3F)n2)C[C@H](C)O1. The lowest BCUT2D eigenvalue weighted by molar-refractivity contribution is -0.138. The number of likely N-dealkylation sites (N-methyl/N-ethyl adjacent to an activating group) is 1. The molecule has 2 aliphatic heterocycles. The van der Waals surface area contributed by atoms with E-state index in [4.69, 9.17) is 10.5 Å². The molecule has 4 heterocycles. The highest BCUT2D eigenvalue weighted by molar-refractivity contribution is 5.94. The summed E-state index contributed by atoms with van der Waals surface area (Å²) in [6.45, 7) is 7.61. The zero-order valence-electron chi connectivity index (χ0n) is 24.5. The average molecular weight is 622 g/mol. The minimum atomic E-state index is -5.09. The number of carbonyl (C=O) groups excluding carboxylic acids is 1. The van der Waals surface area contributed by atoms with Crippen LogP contribution in [0.4, 0.5) is 33.6 Å². The van der Waals surface area contributed by atoms with Crippen LogP contribution in [0, 0.1) is 11.6 Å². The predicted octanol–water partition coefficient (Wildman–Crippen LogP) is 3.44. The van der Waals surface area contributed by atoms with Gasteiger partial charge >= 0.3 is 6.18 Å². The largest absolute Gasteiger partial charge is 0.417 e. The van der Waals surface area contributed by atoms with Crippen molar-refractivity contribution >= 4 is 17.5 Å². The molecule has 2 saturated heterocycles. The van der Waals surface area contributed by atoms with Gasteiger partial charge < -0.3 is 25.2 Å². The van der Waals surface area contributed by atoms with Crippen LogP contribution in [-0.2, 0) is 10.9 Å². The normalized spacial score (nSPS) is 21.5. The van der Waals surface area contributed by atoms with E-state index in [-0.39, 0.29) is 41.6 Å². The number of amides is 1. The van der Waals surface area contributed by atoms with Crippen molar-refractivity contribution in [2.45, 2.75) is 45.2 Å². The van der Waals surface area contributed by atoms with E-state index in [0.29, 0.717) is 43.5 Å². The molecule has 5 rings (SSSR count). The van der Waals surface area contributed by atoms with Crippen LogP contribution in [-0.4, -0.2) is 83.4 Å². The van der Waals surface area contributed by atoms with E-state index in [1.165, 1.54) is 12.3 Å². The number of primary amides is 1. The van der Waals surface area contributed by atoms with Crippen molar-refractivity contribution in [1.29, 1.82) is 0 Å². The topological polar surface area (TPSA) is 110 Å². The summed E-state index contributed by atoms with van der Waals surface area (Å²) in [5.74, 6) is -3.53. The Morgan fingerprint density at radius 3 is 2.34 bits per heavy atom. The first kappa shape index (κ1) is 31.3. The zero-order valence-corrected chi connectivity index (χ0v) is 24.5. The maximum atomic E-state index is 16.8. The molecule has 0 spiro atoms. The van der Waals surface area contributed by atoms with Gasteiger partial charge in [0.1, 0.15) is 11.5 Å².